The monoisotopic (exact) mass is 549 g/mol. The molecular weight excluding hydrogens is 523 g/mol. The number of benzene rings is 2. The Balaban J connectivity index is 1.59. The Morgan fingerprint density at radius 1 is 1.05 bits per heavy atom. The molecule has 4 saturated carbocycles. The van der Waals surface area contributed by atoms with E-state index < -0.39 is 36.1 Å². The maximum atomic E-state index is 13.7. The summed E-state index contributed by atoms with van der Waals surface area (Å²) in [7, 11) is 0. The van der Waals surface area contributed by atoms with Crippen molar-refractivity contribution >= 4 is 35.0 Å². The number of carboxylic acid groups (broad SMARTS) is 1. The van der Waals surface area contributed by atoms with E-state index in [1.54, 1.807) is 12.1 Å². The number of aromatic carboxylic acids is 1. The van der Waals surface area contributed by atoms with E-state index in [4.69, 9.17) is 17.3 Å². The lowest BCUT2D eigenvalue weighted by atomic mass is 9.48. The van der Waals surface area contributed by atoms with E-state index in [1.165, 1.54) is 32.3 Å². The number of carbonyl (C=O) groups is 3. The molecule has 6 nitrogen and oxygen atoms in total. The number of anilines is 1. The summed E-state index contributed by atoms with van der Waals surface area (Å²) in [6.07, 6.45) is 1.30. The summed E-state index contributed by atoms with van der Waals surface area (Å²) < 4.78 is 43.3. The standard InChI is InChI=1S/C28H27ClF3NO5/c1-13-21(29)8-20(25(35)36)22(23(13)33)24(34)19-3-2-18(7-17(19)12-38-26(37)28(30,31)32)27-9-14-4-15(10-27)6-16(5-14)11-27/h2-3,7-8,14-16H,4-6,9-12,33H2,1H3,(H,35,36). The van der Waals surface area contributed by atoms with Crippen LogP contribution in [-0.4, -0.2) is 29.0 Å². The van der Waals surface area contributed by atoms with Crippen molar-refractivity contribution in [1.29, 1.82) is 0 Å². The fourth-order valence-corrected chi connectivity index (χ4v) is 7.48. The Morgan fingerprint density at radius 3 is 2.16 bits per heavy atom. The Kier molecular flexibility index (Phi) is 6.49. The summed E-state index contributed by atoms with van der Waals surface area (Å²) in [6.45, 7) is 0.733. The number of alkyl halides is 3. The first-order valence-corrected chi connectivity index (χ1v) is 12.9. The molecule has 6 rings (SSSR count). The number of hydrogen-bond acceptors (Lipinski definition) is 5. The lowest BCUT2D eigenvalue weighted by Crippen LogP contribution is -2.48. The van der Waals surface area contributed by atoms with Crippen molar-refractivity contribution in [1.82, 2.24) is 0 Å². The Labute approximate surface area is 222 Å². The van der Waals surface area contributed by atoms with Gasteiger partial charge in [0, 0.05) is 21.8 Å². The number of ketones is 1. The molecule has 4 bridgehead atoms. The van der Waals surface area contributed by atoms with E-state index in [2.05, 4.69) is 4.74 Å². The molecule has 0 saturated heterocycles. The molecule has 202 valence electrons. The largest absolute Gasteiger partial charge is 0.490 e. The van der Waals surface area contributed by atoms with E-state index in [0.29, 0.717) is 23.3 Å². The first-order chi connectivity index (χ1) is 17.8. The van der Waals surface area contributed by atoms with Gasteiger partial charge in [-0.05, 0) is 85.8 Å². The van der Waals surface area contributed by atoms with Gasteiger partial charge in [0.25, 0.3) is 0 Å². The van der Waals surface area contributed by atoms with Crippen molar-refractivity contribution in [3.05, 3.63) is 62.7 Å². The quantitative estimate of drug-likeness (QED) is 0.251. The maximum absolute atomic E-state index is 13.7. The Bertz CT molecular complexity index is 1320. The number of nitrogens with two attached hydrogens (primary N) is 1. The number of carboxylic acids is 1. The first-order valence-electron chi connectivity index (χ1n) is 12.5. The Morgan fingerprint density at radius 2 is 1.63 bits per heavy atom. The zero-order valence-electron chi connectivity index (χ0n) is 20.7. The zero-order valence-corrected chi connectivity index (χ0v) is 21.4. The molecule has 0 aliphatic heterocycles. The fourth-order valence-electron chi connectivity index (χ4n) is 7.27. The van der Waals surface area contributed by atoms with Crippen LogP contribution in [-0.2, 0) is 21.6 Å². The van der Waals surface area contributed by atoms with Crippen LogP contribution in [0.1, 0.15) is 81.5 Å². The predicted octanol–water partition coefficient (Wildman–Crippen LogP) is 6.23. The SMILES string of the molecule is Cc1c(Cl)cc(C(=O)O)c(C(=O)c2ccc(C34CC5CC(CC(C5)C3)C4)cc2COC(=O)C(F)(F)F)c1N. The third-order valence-corrected chi connectivity index (χ3v) is 9.01. The van der Waals surface area contributed by atoms with Crippen molar-refractivity contribution in [2.24, 2.45) is 17.8 Å². The van der Waals surface area contributed by atoms with Crippen LogP contribution in [0.5, 0.6) is 0 Å². The van der Waals surface area contributed by atoms with Gasteiger partial charge in [-0.3, -0.25) is 4.79 Å². The normalized spacial score (nSPS) is 25.9. The van der Waals surface area contributed by atoms with E-state index >= 15 is 0 Å². The number of hydrogen-bond donors (Lipinski definition) is 2. The molecule has 10 heteroatoms. The van der Waals surface area contributed by atoms with Crippen LogP contribution in [0.15, 0.2) is 24.3 Å². The highest BCUT2D eigenvalue weighted by molar-refractivity contribution is 6.33. The van der Waals surface area contributed by atoms with Crippen molar-refractivity contribution in [3.8, 4) is 0 Å². The molecule has 0 heterocycles. The second kappa shape index (κ2) is 9.29. The van der Waals surface area contributed by atoms with Gasteiger partial charge in [0.1, 0.15) is 6.61 Å². The molecule has 0 amide bonds. The molecule has 2 aromatic rings. The number of ether oxygens (including phenoxy) is 1. The minimum atomic E-state index is -5.20. The van der Waals surface area contributed by atoms with Gasteiger partial charge in [-0.1, -0.05) is 29.8 Å². The van der Waals surface area contributed by atoms with Gasteiger partial charge in [0.15, 0.2) is 5.78 Å². The van der Waals surface area contributed by atoms with E-state index in [-0.39, 0.29) is 32.8 Å². The summed E-state index contributed by atoms with van der Waals surface area (Å²) in [5, 5.41) is 9.78. The second-order valence-corrected chi connectivity index (χ2v) is 11.5. The highest BCUT2D eigenvalue weighted by Gasteiger charge is 2.51. The van der Waals surface area contributed by atoms with Gasteiger partial charge in [0.2, 0.25) is 0 Å². The molecule has 38 heavy (non-hydrogen) atoms. The molecule has 4 aliphatic rings. The van der Waals surface area contributed by atoms with Gasteiger partial charge in [-0.25, -0.2) is 9.59 Å². The predicted molar refractivity (Wildman–Crippen MR) is 133 cm³/mol. The zero-order chi connectivity index (χ0) is 27.6. The van der Waals surface area contributed by atoms with Crippen LogP contribution in [0.25, 0.3) is 0 Å². The lowest BCUT2D eigenvalue weighted by Gasteiger charge is -2.57. The van der Waals surface area contributed by atoms with Crippen molar-refractivity contribution < 1.29 is 37.4 Å². The molecule has 4 fully saturated rings. The third kappa shape index (κ3) is 4.55. The van der Waals surface area contributed by atoms with Crippen LogP contribution < -0.4 is 5.73 Å². The van der Waals surface area contributed by atoms with Gasteiger partial charge < -0.3 is 15.6 Å². The molecular formula is C28H27ClF3NO5. The summed E-state index contributed by atoms with van der Waals surface area (Å²) in [5.74, 6) is -2.80. The topological polar surface area (TPSA) is 107 Å². The molecule has 2 aromatic carbocycles. The Hall–Kier alpha value is -3.07. The number of rotatable bonds is 6. The van der Waals surface area contributed by atoms with Crippen LogP contribution in [0.3, 0.4) is 0 Å². The highest BCUT2D eigenvalue weighted by Crippen LogP contribution is 2.60. The molecule has 0 radical (unpaired) electrons. The smallest absolute Gasteiger partial charge is 0.478 e. The summed E-state index contributed by atoms with van der Waals surface area (Å²) in [5.41, 5.74) is 6.31. The minimum absolute atomic E-state index is 0.0629. The van der Waals surface area contributed by atoms with Crippen LogP contribution >= 0.6 is 11.6 Å². The van der Waals surface area contributed by atoms with Gasteiger partial charge in [-0.2, -0.15) is 13.2 Å². The van der Waals surface area contributed by atoms with Crippen LogP contribution in [0.2, 0.25) is 5.02 Å². The van der Waals surface area contributed by atoms with E-state index in [0.717, 1.165) is 30.9 Å². The molecule has 0 unspecified atom stereocenters. The van der Waals surface area contributed by atoms with Crippen molar-refractivity contribution in [2.45, 2.75) is 63.6 Å². The third-order valence-electron chi connectivity index (χ3n) is 8.62. The molecule has 0 aromatic heterocycles. The first kappa shape index (κ1) is 26.5. The summed E-state index contributed by atoms with van der Waals surface area (Å²) >= 11 is 6.10. The average molecular weight is 550 g/mol. The fraction of sp³-hybridized carbons (Fsp3) is 0.464. The average Bonchev–Trinajstić information content (AvgIpc) is 2.83. The molecule has 0 spiro atoms. The van der Waals surface area contributed by atoms with Crippen molar-refractivity contribution in [2.75, 3.05) is 5.73 Å². The van der Waals surface area contributed by atoms with E-state index in [9.17, 15) is 32.7 Å². The van der Waals surface area contributed by atoms with Crippen LogP contribution in [0, 0.1) is 24.7 Å². The minimum Gasteiger partial charge on any atom is -0.478 e. The maximum Gasteiger partial charge on any atom is 0.490 e. The highest BCUT2D eigenvalue weighted by atomic mass is 35.5. The van der Waals surface area contributed by atoms with Gasteiger partial charge in [0.05, 0.1) is 11.1 Å². The van der Waals surface area contributed by atoms with Crippen molar-refractivity contribution in [3.63, 3.8) is 0 Å². The number of carbonyl (C=O) groups excluding carboxylic acids is 2. The number of halogens is 4. The van der Waals surface area contributed by atoms with E-state index in [1.807, 2.05) is 0 Å². The second-order valence-electron chi connectivity index (χ2n) is 11.1. The number of esters is 1. The molecule has 0 atom stereocenters. The summed E-state index contributed by atoms with van der Waals surface area (Å²) in [4.78, 5) is 37.2. The molecule has 4 aliphatic carbocycles. The lowest BCUT2D eigenvalue weighted by molar-refractivity contribution is -0.201. The summed E-state index contributed by atoms with van der Waals surface area (Å²) in [6, 6.07) is 6.07. The number of nitrogen functional groups attached to an aromatic ring is 1. The van der Waals surface area contributed by atoms with Gasteiger partial charge >= 0.3 is 18.1 Å². The molecule has 3 N–H and O–H groups in total. The van der Waals surface area contributed by atoms with Crippen LogP contribution in [0.4, 0.5) is 18.9 Å². The van der Waals surface area contributed by atoms with Gasteiger partial charge in [-0.15, -0.1) is 0 Å².